The van der Waals surface area contributed by atoms with Gasteiger partial charge in [-0.2, -0.15) is 0 Å². The van der Waals surface area contributed by atoms with Crippen LogP contribution in [-0.2, 0) is 9.47 Å². The monoisotopic (exact) mass is 360 g/mol. The number of nitrogens with zero attached hydrogens (tertiary/aromatic N) is 2. The zero-order chi connectivity index (χ0) is 18.0. The van der Waals surface area contributed by atoms with E-state index in [2.05, 4.69) is 46.8 Å². The molecule has 5 heteroatoms. The first-order valence-electron chi connectivity index (χ1n) is 8.84. The second-order valence-corrected chi connectivity index (χ2v) is 9.30. The number of aliphatic imine (C=N–C) groups is 2. The maximum Gasteiger partial charge on any atom is 0.191 e. The maximum absolute atomic E-state index is 6.08. The zero-order valence-electron chi connectivity index (χ0n) is 15.5. The van der Waals surface area contributed by atoms with Gasteiger partial charge in [-0.25, -0.2) is 9.98 Å². The minimum atomic E-state index is -0.221. The molecule has 134 valence electrons. The molecule has 0 saturated heterocycles. The first kappa shape index (κ1) is 16.9. The molecule has 0 bridgehead atoms. The minimum Gasteiger partial charge on any atom is -0.478 e. The van der Waals surface area contributed by atoms with Crippen LogP contribution in [0.25, 0.3) is 0 Å². The van der Waals surface area contributed by atoms with E-state index in [1.165, 1.54) is 5.56 Å². The van der Waals surface area contributed by atoms with Crippen LogP contribution in [-0.4, -0.2) is 36.1 Å². The Morgan fingerprint density at radius 1 is 0.880 bits per heavy atom. The summed E-state index contributed by atoms with van der Waals surface area (Å²) in [5, 5.41) is 0.744. The van der Waals surface area contributed by atoms with Crippen LogP contribution in [0.15, 0.2) is 34.3 Å². The van der Waals surface area contributed by atoms with Crippen molar-refractivity contribution in [2.45, 2.75) is 51.6 Å². The molecule has 0 unspecified atom stereocenters. The molecule has 3 atom stereocenters. The third-order valence-electron chi connectivity index (χ3n) is 5.42. The Bertz CT molecular complexity index is 766. The fourth-order valence-electron chi connectivity index (χ4n) is 4.02. The van der Waals surface area contributed by atoms with E-state index in [1.54, 1.807) is 0 Å². The molecule has 1 aromatic carbocycles. The summed E-state index contributed by atoms with van der Waals surface area (Å²) >= 11 is 6.08. The SMILES string of the molecule is CC1(C)COC([C@H]2[C@H](c3ccc(Cl)cc3)[C@@]2(C)C2=NC(C)(C)CO2)=N1. The van der Waals surface area contributed by atoms with Crippen LogP contribution < -0.4 is 0 Å². The highest BCUT2D eigenvalue weighted by Crippen LogP contribution is 2.67. The Kier molecular flexibility index (Phi) is 3.53. The molecule has 0 N–H and O–H groups in total. The summed E-state index contributed by atoms with van der Waals surface area (Å²) in [6.07, 6.45) is 0. The standard InChI is InChI=1S/C20H25ClN2O2/c1-18(2)10-24-16(22-18)15-14(12-6-8-13(21)9-7-12)20(15,5)17-23-19(3,4)11-25-17/h6-9,14-15H,10-11H2,1-5H3/t14-,15+,20+/m0/s1. The highest BCUT2D eigenvalue weighted by atomic mass is 35.5. The first-order chi connectivity index (χ1) is 11.6. The Balaban J connectivity index is 1.74. The van der Waals surface area contributed by atoms with Crippen LogP contribution in [0.5, 0.6) is 0 Å². The number of hydrogen-bond acceptors (Lipinski definition) is 4. The van der Waals surface area contributed by atoms with Crippen LogP contribution in [0.3, 0.4) is 0 Å². The molecule has 1 aromatic rings. The third kappa shape index (κ3) is 2.75. The van der Waals surface area contributed by atoms with Gasteiger partial charge in [-0.3, -0.25) is 0 Å². The van der Waals surface area contributed by atoms with Crippen molar-refractivity contribution in [3.63, 3.8) is 0 Å². The van der Waals surface area contributed by atoms with Crippen molar-refractivity contribution < 1.29 is 9.47 Å². The quantitative estimate of drug-likeness (QED) is 0.797. The highest BCUT2D eigenvalue weighted by Gasteiger charge is 2.70. The van der Waals surface area contributed by atoms with E-state index in [9.17, 15) is 0 Å². The molecule has 3 aliphatic rings. The molecule has 0 amide bonds. The van der Waals surface area contributed by atoms with Crippen LogP contribution >= 0.6 is 11.6 Å². The summed E-state index contributed by atoms with van der Waals surface area (Å²) in [4.78, 5) is 9.70. The Morgan fingerprint density at radius 3 is 2.00 bits per heavy atom. The lowest BCUT2D eigenvalue weighted by molar-refractivity contribution is 0.257. The predicted molar refractivity (Wildman–Crippen MR) is 101 cm³/mol. The molecule has 25 heavy (non-hydrogen) atoms. The van der Waals surface area contributed by atoms with Crippen molar-refractivity contribution in [2.24, 2.45) is 21.3 Å². The van der Waals surface area contributed by atoms with Gasteiger partial charge in [-0.05, 0) is 52.3 Å². The molecule has 1 fully saturated rings. The second kappa shape index (κ2) is 5.23. The zero-order valence-corrected chi connectivity index (χ0v) is 16.2. The van der Waals surface area contributed by atoms with Crippen molar-refractivity contribution in [3.8, 4) is 0 Å². The summed E-state index contributed by atoms with van der Waals surface area (Å²) in [6.45, 7) is 11.9. The lowest BCUT2D eigenvalue weighted by Crippen LogP contribution is -2.19. The lowest BCUT2D eigenvalue weighted by Gasteiger charge is -2.12. The number of rotatable bonds is 3. The lowest BCUT2D eigenvalue weighted by atomic mass is 10.0. The van der Waals surface area contributed by atoms with Crippen LogP contribution in [0, 0.1) is 11.3 Å². The summed E-state index contributed by atoms with van der Waals surface area (Å²) < 4.78 is 12.0. The highest BCUT2D eigenvalue weighted by molar-refractivity contribution is 6.30. The number of ether oxygens (including phenoxy) is 2. The average Bonchev–Trinajstić information content (AvgIpc) is 2.78. The molecule has 0 spiro atoms. The molecule has 2 aliphatic heterocycles. The summed E-state index contributed by atoms with van der Waals surface area (Å²) in [7, 11) is 0. The minimum absolute atomic E-state index is 0.156. The van der Waals surface area contributed by atoms with Gasteiger partial charge in [0.2, 0.25) is 0 Å². The molecule has 4 rings (SSSR count). The van der Waals surface area contributed by atoms with Gasteiger partial charge < -0.3 is 9.47 Å². The van der Waals surface area contributed by atoms with Gasteiger partial charge in [-0.1, -0.05) is 23.7 Å². The van der Waals surface area contributed by atoms with Crippen molar-refractivity contribution >= 4 is 23.4 Å². The smallest absolute Gasteiger partial charge is 0.191 e. The maximum atomic E-state index is 6.08. The molecule has 4 nitrogen and oxygen atoms in total. The van der Waals surface area contributed by atoms with Gasteiger partial charge in [0, 0.05) is 10.9 Å². The van der Waals surface area contributed by atoms with Crippen molar-refractivity contribution in [1.29, 1.82) is 0 Å². The van der Waals surface area contributed by atoms with Crippen LogP contribution in [0.1, 0.15) is 46.1 Å². The Morgan fingerprint density at radius 2 is 1.48 bits per heavy atom. The van der Waals surface area contributed by atoms with E-state index in [0.717, 1.165) is 16.8 Å². The first-order valence-corrected chi connectivity index (χ1v) is 9.21. The van der Waals surface area contributed by atoms with E-state index >= 15 is 0 Å². The van der Waals surface area contributed by atoms with Crippen molar-refractivity contribution in [3.05, 3.63) is 34.9 Å². The topological polar surface area (TPSA) is 43.2 Å². The normalized spacial score (nSPS) is 34.8. The summed E-state index contributed by atoms with van der Waals surface area (Å²) in [6, 6.07) is 8.06. The fraction of sp³-hybridized carbons (Fsp3) is 0.600. The van der Waals surface area contributed by atoms with Crippen LogP contribution in [0.2, 0.25) is 5.02 Å². The molecular weight excluding hydrogens is 336 g/mol. The van der Waals surface area contributed by atoms with Gasteiger partial charge in [0.05, 0.1) is 22.4 Å². The number of hydrogen-bond donors (Lipinski definition) is 0. The molecule has 0 radical (unpaired) electrons. The second-order valence-electron chi connectivity index (χ2n) is 8.86. The molecule has 1 aliphatic carbocycles. The molecule has 2 heterocycles. The largest absolute Gasteiger partial charge is 0.478 e. The third-order valence-corrected chi connectivity index (χ3v) is 5.68. The Hall–Kier alpha value is -1.55. The van der Waals surface area contributed by atoms with Gasteiger partial charge in [0.25, 0.3) is 0 Å². The predicted octanol–water partition coefficient (Wildman–Crippen LogP) is 4.47. The van der Waals surface area contributed by atoms with Gasteiger partial charge in [0.15, 0.2) is 11.8 Å². The van der Waals surface area contributed by atoms with Crippen molar-refractivity contribution in [1.82, 2.24) is 0 Å². The van der Waals surface area contributed by atoms with Gasteiger partial charge in [0.1, 0.15) is 13.2 Å². The summed E-state index contributed by atoms with van der Waals surface area (Å²) in [5.41, 5.74) is 0.666. The number of benzene rings is 1. The van der Waals surface area contributed by atoms with E-state index in [0.29, 0.717) is 13.2 Å². The summed E-state index contributed by atoms with van der Waals surface area (Å²) in [5.74, 6) is 2.06. The number of halogens is 1. The van der Waals surface area contributed by atoms with Crippen molar-refractivity contribution in [2.75, 3.05) is 13.2 Å². The van der Waals surface area contributed by atoms with E-state index in [4.69, 9.17) is 31.1 Å². The van der Waals surface area contributed by atoms with Gasteiger partial charge >= 0.3 is 0 Å². The van der Waals surface area contributed by atoms with E-state index < -0.39 is 0 Å². The molecule has 1 saturated carbocycles. The molecular formula is C20H25ClN2O2. The average molecular weight is 361 g/mol. The van der Waals surface area contributed by atoms with E-state index in [1.807, 2.05) is 12.1 Å². The van der Waals surface area contributed by atoms with Crippen LogP contribution in [0.4, 0.5) is 0 Å². The Labute approximate surface area is 154 Å². The molecule has 0 aromatic heterocycles. The fourth-order valence-corrected chi connectivity index (χ4v) is 4.15. The van der Waals surface area contributed by atoms with Gasteiger partial charge in [-0.15, -0.1) is 0 Å². The van der Waals surface area contributed by atoms with E-state index in [-0.39, 0.29) is 28.3 Å².